The van der Waals surface area contributed by atoms with Gasteiger partial charge in [-0.15, -0.1) is 0 Å². The number of rotatable bonds is 2. The monoisotopic (exact) mass is 242 g/mol. The van der Waals surface area contributed by atoms with Crippen molar-refractivity contribution in [3.63, 3.8) is 0 Å². The Bertz CT molecular complexity index is 526. The van der Waals surface area contributed by atoms with Crippen molar-refractivity contribution in [1.29, 1.82) is 0 Å². The van der Waals surface area contributed by atoms with Crippen LogP contribution in [0.25, 0.3) is 10.9 Å². The molecule has 17 heavy (non-hydrogen) atoms. The van der Waals surface area contributed by atoms with Crippen LogP contribution in [0.5, 0.6) is 0 Å². The van der Waals surface area contributed by atoms with Crippen molar-refractivity contribution in [2.75, 3.05) is 0 Å². The van der Waals surface area contributed by atoms with Crippen molar-refractivity contribution < 1.29 is 13.2 Å². The highest BCUT2D eigenvalue weighted by Gasteiger charge is 2.30. The Morgan fingerprint density at radius 2 is 2.00 bits per heavy atom. The van der Waals surface area contributed by atoms with Crippen LogP contribution in [0.2, 0.25) is 0 Å². The molecule has 0 saturated heterocycles. The maximum Gasteiger partial charge on any atom is 0.416 e. The van der Waals surface area contributed by atoms with Crippen LogP contribution >= 0.6 is 0 Å². The number of alkyl halides is 3. The van der Waals surface area contributed by atoms with Crippen molar-refractivity contribution in [2.24, 2.45) is 5.73 Å². The summed E-state index contributed by atoms with van der Waals surface area (Å²) in [5.41, 5.74) is 6.58. The molecule has 0 aliphatic carbocycles. The molecule has 0 radical (unpaired) electrons. The summed E-state index contributed by atoms with van der Waals surface area (Å²) < 4.78 is 37.5. The molecule has 92 valence electrons. The van der Waals surface area contributed by atoms with Gasteiger partial charge in [-0.2, -0.15) is 13.2 Å². The molecule has 1 aromatic carbocycles. The maximum absolute atomic E-state index is 12.5. The summed E-state index contributed by atoms with van der Waals surface area (Å²) in [4.78, 5) is 3.06. The number of hydrogen-bond acceptors (Lipinski definition) is 1. The van der Waals surface area contributed by atoms with Crippen LogP contribution < -0.4 is 5.73 Å². The Hall–Kier alpha value is -1.49. The summed E-state index contributed by atoms with van der Waals surface area (Å²) in [5, 5.41) is 0.565. The standard InChI is InChI=1S/C12H13F3N2/c1-7(16)4-10-6-8-5-9(12(13,14)15)2-3-11(8)17-10/h2-3,5-7,17H,4,16H2,1H3. The molecule has 0 fully saturated rings. The third-order valence-corrected chi connectivity index (χ3v) is 2.55. The topological polar surface area (TPSA) is 41.8 Å². The van der Waals surface area contributed by atoms with Crippen LogP contribution in [0.4, 0.5) is 13.2 Å². The molecule has 0 aliphatic rings. The Balaban J connectivity index is 2.41. The van der Waals surface area contributed by atoms with E-state index in [1.54, 1.807) is 6.07 Å². The molecule has 0 saturated carbocycles. The van der Waals surface area contributed by atoms with Gasteiger partial charge in [0.25, 0.3) is 0 Å². The highest BCUT2D eigenvalue weighted by atomic mass is 19.4. The molecule has 0 aliphatic heterocycles. The van der Waals surface area contributed by atoms with Crippen LogP contribution in [0, 0.1) is 0 Å². The fourth-order valence-electron chi connectivity index (χ4n) is 1.83. The molecule has 2 aromatic rings. The smallest absolute Gasteiger partial charge is 0.358 e. The third-order valence-electron chi connectivity index (χ3n) is 2.55. The van der Waals surface area contributed by atoms with Gasteiger partial charge in [-0.1, -0.05) is 0 Å². The predicted octanol–water partition coefficient (Wildman–Crippen LogP) is 3.08. The Labute approximate surface area is 96.6 Å². The molecule has 2 nitrogen and oxygen atoms in total. The molecular weight excluding hydrogens is 229 g/mol. The van der Waals surface area contributed by atoms with Gasteiger partial charge < -0.3 is 10.7 Å². The van der Waals surface area contributed by atoms with Crippen molar-refractivity contribution in [2.45, 2.75) is 25.6 Å². The lowest BCUT2D eigenvalue weighted by Gasteiger charge is -2.05. The molecule has 1 atom stereocenters. The first-order valence-corrected chi connectivity index (χ1v) is 5.30. The van der Waals surface area contributed by atoms with E-state index < -0.39 is 11.7 Å². The van der Waals surface area contributed by atoms with E-state index in [-0.39, 0.29) is 6.04 Å². The molecule has 1 aromatic heterocycles. The van der Waals surface area contributed by atoms with E-state index in [1.807, 2.05) is 6.92 Å². The number of H-pyrrole nitrogens is 1. The second-order valence-electron chi connectivity index (χ2n) is 4.28. The first-order chi connectivity index (χ1) is 7.86. The van der Waals surface area contributed by atoms with Gasteiger partial charge in [0.2, 0.25) is 0 Å². The van der Waals surface area contributed by atoms with E-state index in [0.717, 1.165) is 17.8 Å². The highest BCUT2D eigenvalue weighted by molar-refractivity contribution is 5.81. The lowest BCUT2D eigenvalue weighted by atomic mass is 10.1. The molecule has 0 amide bonds. The molecule has 1 unspecified atom stereocenters. The van der Waals surface area contributed by atoms with Crippen LogP contribution in [0.15, 0.2) is 24.3 Å². The average Bonchev–Trinajstić information content (AvgIpc) is 2.55. The second-order valence-corrected chi connectivity index (χ2v) is 4.28. The second kappa shape index (κ2) is 4.07. The first kappa shape index (κ1) is 12.0. The maximum atomic E-state index is 12.5. The zero-order valence-electron chi connectivity index (χ0n) is 9.31. The minimum absolute atomic E-state index is 0.0230. The van der Waals surface area contributed by atoms with Crippen molar-refractivity contribution >= 4 is 10.9 Å². The van der Waals surface area contributed by atoms with Gasteiger partial charge in [-0.3, -0.25) is 0 Å². The molecule has 5 heteroatoms. The van der Waals surface area contributed by atoms with Gasteiger partial charge >= 0.3 is 6.18 Å². The minimum Gasteiger partial charge on any atom is -0.358 e. The number of nitrogens with two attached hydrogens (primary N) is 1. The number of nitrogens with one attached hydrogen (secondary N) is 1. The SMILES string of the molecule is CC(N)Cc1cc2cc(C(F)(F)F)ccc2[nH]1. The zero-order chi connectivity index (χ0) is 12.6. The van der Waals surface area contributed by atoms with E-state index >= 15 is 0 Å². The Morgan fingerprint density at radius 1 is 1.29 bits per heavy atom. The normalized spacial score (nSPS) is 14.2. The molecule has 0 bridgehead atoms. The number of benzene rings is 1. The molecule has 2 rings (SSSR count). The predicted molar refractivity (Wildman–Crippen MR) is 60.7 cm³/mol. The Morgan fingerprint density at radius 3 is 2.59 bits per heavy atom. The van der Waals surface area contributed by atoms with E-state index in [1.165, 1.54) is 6.07 Å². The number of aromatic amines is 1. The summed E-state index contributed by atoms with van der Waals surface area (Å²) in [6, 6.07) is 5.37. The van der Waals surface area contributed by atoms with E-state index in [0.29, 0.717) is 17.3 Å². The molecule has 1 heterocycles. The van der Waals surface area contributed by atoms with Crippen LogP contribution in [-0.2, 0) is 12.6 Å². The van der Waals surface area contributed by atoms with E-state index in [2.05, 4.69) is 4.98 Å². The summed E-state index contributed by atoms with van der Waals surface area (Å²) in [5.74, 6) is 0. The lowest BCUT2D eigenvalue weighted by molar-refractivity contribution is -0.137. The van der Waals surface area contributed by atoms with Gasteiger partial charge in [-0.25, -0.2) is 0 Å². The van der Waals surface area contributed by atoms with Crippen LogP contribution in [0.3, 0.4) is 0 Å². The van der Waals surface area contributed by atoms with E-state index in [4.69, 9.17) is 5.73 Å². The van der Waals surface area contributed by atoms with Crippen LogP contribution in [0.1, 0.15) is 18.2 Å². The van der Waals surface area contributed by atoms with Gasteiger partial charge in [0.15, 0.2) is 0 Å². The largest absolute Gasteiger partial charge is 0.416 e. The average molecular weight is 242 g/mol. The van der Waals surface area contributed by atoms with Crippen molar-refractivity contribution in [1.82, 2.24) is 4.98 Å². The lowest BCUT2D eigenvalue weighted by Crippen LogP contribution is -2.17. The fraction of sp³-hybridized carbons (Fsp3) is 0.333. The third kappa shape index (κ3) is 2.61. The minimum atomic E-state index is -4.30. The summed E-state index contributed by atoms with van der Waals surface area (Å²) in [6.07, 6.45) is -3.68. The number of fused-ring (bicyclic) bond motifs is 1. The fourth-order valence-corrected chi connectivity index (χ4v) is 1.83. The van der Waals surface area contributed by atoms with Gasteiger partial charge in [0.1, 0.15) is 0 Å². The van der Waals surface area contributed by atoms with Crippen molar-refractivity contribution in [3.8, 4) is 0 Å². The molecule has 3 N–H and O–H groups in total. The first-order valence-electron chi connectivity index (χ1n) is 5.30. The quantitative estimate of drug-likeness (QED) is 0.834. The summed E-state index contributed by atoms with van der Waals surface area (Å²) >= 11 is 0. The number of halogens is 3. The summed E-state index contributed by atoms with van der Waals surface area (Å²) in [6.45, 7) is 1.85. The molecular formula is C12H13F3N2. The highest BCUT2D eigenvalue weighted by Crippen LogP contribution is 2.31. The van der Waals surface area contributed by atoms with E-state index in [9.17, 15) is 13.2 Å². The summed E-state index contributed by atoms with van der Waals surface area (Å²) in [7, 11) is 0. The van der Waals surface area contributed by atoms with Crippen molar-refractivity contribution in [3.05, 3.63) is 35.5 Å². The Kier molecular flexibility index (Phi) is 2.87. The number of aromatic nitrogens is 1. The van der Waals surface area contributed by atoms with Gasteiger partial charge in [-0.05, 0) is 31.2 Å². The zero-order valence-corrected chi connectivity index (χ0v) is 9.31. The van der Waals surface area contributed by atoms with Crippen LogP contribution in [-0.4, -0.2) is 11.0 Å². The van der Waals surface area contributed by atoms with Gasteiger partial charge in [0, 0.05) is 29.1 Å². The molecule has 0 spiro atoms. The number of hydrogen-bond donors (Lipinski definition) is 2. The van der Waals surface area contributed by atoms with Gasteiger partial charge in [0.05, 0.1) is 5.56 Å².